The molecule has 2 fully saturated rings. The van der Waals surface area contributed by atoms with Gasteiger partial charge < -0.3 is 20.1 Å². The zero-order chi connectivity index (χ0) is 20.2. The van der Waals surface area contributed by atoms with Crippen molar-refractivity contribution in [2.75, 3.05) is 44.7 Å². The van der Waals surface area contributed by atoms with Crippen LogP contribution in [-0.4, -0.2) is 55.7 Å². The lowest BCUT2D eigenvalue weighted by molar-refractivity contribution is -0.123. The molecular formula is C23H29N3O3. The molecule has 1 aliphatic carbocycles. The SMILES string of the molecule is COc1ccc(C(NC(=O)CN2CCN(c3ccccc3O)CC2)C2CC2)cc1. The highest BCUT2D eigenvalue weighted by molar-refractivity contribution is 5.78. The number of methoxy groups -OCH3 is 1. The number of anilines is 1. The van der Waals surface area contributed by atoms with Gasteiger partial charge in [-0.3, -0.25) is 9.69 Å². The van der Waals surface area contributed by atoms with E-state index >= 15 is 0 Å². The molecule has 1 heterocycles. The molecule has 6 heteroatoms. The molecule has 6 nitrogen and oxygen atoms in total. The number of carbonyl (C=O) groups is 1. The van der Waals surface area contributed by atoms with Gasteiger partial charge in [-0.15, -0.1) is 0 Å². The van der Waals surface area contributed by atoms with Gasteiger partial charge in [0.25, 0.3) is 0 Å². The van der Waals surface area contributed by atoms with Gasteiger partial charge in [0.2, 0.25) is 5.91 Å². The number of rotatable bonds is 7. The fraction of sp³-hybridized carbons (Fsp3) is 0.435. The number of ether oxygens (including phenoxy) is 1. The van der Waals surface area contributed by atoms with Crippen LogP contribution in [0.25, 0.3) is 0 Å². The fourth-order valence-corrected chi connectivity index (χ4v) is 4.01. The fourth-order valence-electron chi connectivity index (χ4n) is 4.01. The second-order valence-corrected chi connectivity index (χ2v) is 7.91. The maximum atomic E-state index is 12.7. The largest absolute Gasteiger partial charge is 0.506 e. The van der Waals surface area contributed by atoms with Crippen LogP contribution in [0.4, 0.5) is 5.69 Å². The van der Waals surface area contributed by atoms with Crippen molar-refractivity contribution in [1.82, 2.24) is 10.2 Å². The molecule has 2 aliphatic rings. The zero-order valence-electron chi connectivity index (χ0n) is 16.9. The van der Waals surface area contributed by atoms with E-state index in [-0.39, 0.29) is 11.9 Å². The second kappa shape index (κ2) is 8.74. The molecule has 2 aromatic carbocycles. The molecule has 1 aliphatic heterocycles. The van der Waals surface area contributed by atoms with Crippen molar-refractivity contribution in [2.45, 2.75) is 18.9 Å². The van der Waals surface area contributed by atoms with Crippen LogP contribution in [0.15, 0.2) is 48.5 Å². The Morgan fingerprint density at radius 1 is 1.10 bits per heavy atom. The first kappa shape index (κ1) is 19.6. The smallest absolute Gasteiger partial charge is 0.234 e. The van der Waals surface area contributed by atoms with Gasteiger partial charge in [-0.25, -0.2) is 0 Å². The summed E-state index contributed by atoms with van der Waals surface area (Å²) < 4.78 is 5.24. The van der Waals surface area contributed by atoms with Crippen molar-refractivity contribution in [1.29, 1.82) is 0 Å². The van der Waals surface area contributed by atoms with Crippen molar-refractivity contribution >= 4 is 11.6 Å². The summed E-state index contributed by atoms with van der Waals surface area (Å²) in [5.74, 6) is 1.75. The van der Waals surface area contributed by atoms with Crippen LogP contribution in [0.3, 0.4) is 0 Å². The first-order chi connectivity index (χ1) is 14.1. The van der Waals surface area contributed by atoms with Crippen molar-refractivity contribution in [3.05, 3.63) is 54.1 Å². The maximum Gasteiger partial charge on any atom is 0.234 e. The average molecular weight is 396 g/mol. The summed E-state index contributed by atoms with van der Waals surface area (Å²) in [6.07, 6.45) is 2.33. The quantitative estimate of drug-likeness (QED) is 0.755. The highest BCUT2D eigenvalue weighted by Gasteiger charge is 2.33. The van der Waals surface area contributed by atoms with E-state index in [1.807, 2.05) is 42.5 Å². The lowest BCUT2D eigenvalue weighted by Gasteiger charge is -2.36. The Balaban J connectivity index is 1.30. The van der Waals surface area contributed by atoms with Gasteiger partial charge in [-0.2, -0.15) is 0 Å². The van der Waals surface area contributed by atoms with Crippen LogP contribution >= 0.6 is 0 Å². The van der Waals surface area contributed by atoms with Crippen LogP contribution < -0.4 is 15.0 Å². The maximum absolute atomic E-state index is 12.7. The molecule has 0 bridgehead atoms. The van der Waals surface area contributed by atoms with Crippen LogP contribution in [0.2, 0.25) is 0 Å². The summed E-state index contributed by atoms with van der Waals surface area (Å²) in [5.41, 5.74) is 2.01. The van der Waals surface area contributed by atoms with Crippen molar-refractivity contribution in [2.24, 2.45) is 5.92 Å². The van der Waals surface area contributed by atoms with Crippen molar-refractivity contribution < 1.29 is 14.6 Å². The van der Waals surface area contributed by atoms with Crippen LogP contribution in [0, 0.1) is 5.92 Å². The first-order valence-corrected chi connectivity index (χ1v) is 10.3. The first-order valence-electron chi connectivity index (χ1n) is 10.3. The second-order valence-electron chi connectivity index (χ2n) is 7.91. The number of amides is 1. The summed E-state index contributed by atoms with van der Waals surface area (Å²) in [6, 6.07) is 15.5. The molecule has 0 spiro atoms. The van der Waals surface area contributed by atoms with E-state index < -0.39 is 0 Å². The number of nitrogens with zero attached hydrogens (tertiary/aromatic N) is 2. The van der Waals surface area contributed by atoms with Crippen LogP contribution in [0.1, 0.15) is 24.4 Å². The number of piperazine rings is 1. The predicted octanol–water partition coefficient (Wildman–Crippen LogP) is 2.79. The van der Waals surface area contributed by atoms with Gasteiger partial charge in [0.15, 0.2) is 0 Å². The van der Waals surface area contributed by atoms with Gasteiger partial charge in [0.05, 0.1) is 25.4 Å². The normalized spacial score (nSPS) is 18.3. The molecule has 4 rings (SSSR count). The standard InChI is InChI=1S/C23H29N3O3/c1-29-19-10-8-18(9-11-19)23(17-6-7-17)24-22(28)16-25-12-14-26(15-13-25)20-4-2-3-5-21(20)27/h2-5,8-11,17,23,27H,6-7,12-16H2,1H3,(H,24,28). The highest BCUT2D eigenvalue weighted by atomic mass is 16.5. The number of aromatic hydroxyl groups is 1. The Kier molecular flexibility index (Phi) is 5.90. The molecule has 2 aromatic rings. The summed E-state index contributed by atoms with van der Waals surface area (Å²) in [7, 11) is 1.66. The molecule has 1 unspecified atom stereocenters. The molecule has 1 saturated heterocycles. The molecule has 154 valence electrons. The number of nitrogens with one attached hydrogen (secondary N) is 1. The molecule has 29 heavy (non-hydrogen) atoms. The van der Waals surface area contributed by atoms with E-state index in [0.29, 0.717) is 18.2 Å². The summed E-state index contributed by atoms with van der Waals surface area (Å²) in [5, 5.41) is 13.3. The summed E-state index contributed by atoms with van der Waals surface area (Å²) in [6.45, 7) is 3.62. The average Bonchev–Trinajstić information content (AvgIpc) is 3.58. The van der Waals surface area contributed by atoms with Crippen molar-refractivity contribution in [3.8, 4) is 11.5 Å². The Hall–Kier alpha value is -2.73. The topological polar surface area (TPSA) is 65.0 Å². The van der Waals surface area contributed by atoms with E-state index in [4.69, 9.17) is 4.74 Å². The lowest BCUT2D eigenvalue weighted by atomic mass is 10.0. The predicted molar refractivity (Wildman–Crippen MR) is 113 cm³/mol. The molecular weight excluding hydrogens is 366 g/mol. The number of hydrogen-bond acceptors (Lipinski definition) is 5. The molecule has 1 saturated carbocycles. The Morgan fingerprint density at radius 3 is 2.41 bits per heavy atom. The highest BCUT2D eigenvalue weighted by Crippen LogP contribution is 2.41. The summed E-state index contributed by atoms with van der Waals surface area (Å²) in [4.78, 5) is 17.1. The molecule has 2 N–H and O–H groups in total. The van der Waals surface area contributed by atoms with Gasteiger partial charge in [-0.05, 0) is 48.6 Å². The van der Waals surface area contributed by atoms with E-state index in [0.717, 1.165) is 56.0 Å². The Morgan fingerprint density at radius 2 is 1.79 bits per heavy atom. The molecule has 0 aromatic heterocycles. The minimum absolute atomic E-state index is 0.0775. The van der Waals surface area contributed by atoms with Gasteiger partial charge in [0, 0.05) is 26.2 Å². The van der Waals surface area contributed by atoms with Crippen molar-refractivity contribution in [3.63, 3.8) is 0 Å². The molecule has 1 atom stereocenters. The number of carbonyl (C=O) groups excluding carboxylic acids is 1. The summed E-state index contributed by atoms with van der Waals surface area (Å²) >= 11 is 0. The van der Waals surface area contributed by atoms with Gasteiger partial charge >= 0.3 is 0 Å². The number of para-hydroxylation sites is 2. The third-order valence-corrected chi connectivity index (χ3v) is 5.85. The third kappa shape index (κ3) is 4.82. The monoisotopic (exact) mass is 395 g/mol. The number of hydrogen-bond donors (Lipinski definition) is 2. The van der Waals surface area contributed by atoms with Gasteiger partial charge in [0.1, 0.15) is 11.5 Å². The van der Waals surface area contributed by atoms with Gasteiger partial charge in [-0.1, -0.05) is 24.3 Å². The number of benzene rings is 2. The number of phenolic OH excluding ortho intramolecular Hbond substituents is 1. The Bertz CT molecular complexity index is 828. The van der Waals surface area contributed by atoms with E-state index in [2.05, 4.69) is 15.1 Å². The third-order valence-electron chi connectivity index (χ3n) is 5.85. The van der Waals surface area contributed by atoms with E-state index in [1.54, 1.807) is 13.2 Å². The molecule has 1 amide bonds. The number of phenols is 1. The lowest BCUT2D eigenvalue weighted by Crippen LogP contribution is -2.50. The van der Waals surface area contributed by atoms with E-state index in [1.165, 1.54) is 0 Å². The Labute approximate surface area is 172 Å². The van der Waals surface area contributed by atoms with Crippen LogP contribution in [-0.2, 0) is 4.79 Å². The minimum atomic E-state index is 0.0775. The van der Waals surface area contributed by atoms with E-state index in [9.17, 15) is 9.90 Å². The minimum Gasteiger partial charge on any atom is -0.506 e. The molecule has 0 radical (unpaired) electrons. The zero-order valence-corrected chi connectivity index (χ0v) is 16.9. The van der Waals surface area contributed by atoms with Crippen LogP contribution in [0.5, 0.6) is 11.5 Å².